The van der Waals surface area contributed by atoms with Gasteiger partial charge in [0.25, 0.3) is 10.0 Å². The van der Waals surface area contributed by atoms with E-state index in [1.807, 2.05) is 0 Å². The molecule has 4 heterocycles. The second-order valence-electron chi connectivity index (χ2n) is 6.33. The van der Waals surface area contributed by atoms with Crippen LogP contribution in [0.1, 0.15) is 19.3 Å². The lowest BCUT2D eigenvalue weighted by atomic mass is 9.78. The molecule has 2 saturated heterocycles. The zero-order valence-electron chi connectivity index (χ0n) is 13.1. The summed E-state index contributed by atoms with van der Waals surface area (Å²) in [5.74, 6) is 0.604. The number of hydrogen-bond acceptors (Lipinski definition) is 6. The van der Waals surface area contributed by atoms with Gasteiger partial charge < -0.3 is 9.84 Å². The first-order chi connectivity index (χ1) is 11.1. The summed E-state index contributed by atoms with van der Waals surface area (Å²) >= 11 is 1.24. The van der Waals surface area contributed by atoms with Crippen molar-refractivity contribution in [1.29, 1.82) is 0 Å². The lowest BCUT2D eigenvalue weighted by molar-refractivity contribution is 0.218. The van der Waals surface area contributed by atoms with Crippen molar-refractivity contribution < 1.29 is 12.9 Å². The van der Waals surface area contributed by atoms with E-state index in [-0.39, 0.29) is 17.8 Å². The number of hydrogen-bond donors (Lipinski definition) is 1. The van der Waals surface area contributed by atoms with Crippen LogP contribution in [0.4, 0.5) is 0 Å². The molecular formula is C15H20ClN3O3S2. The SMILES string of the molecule is Cl.O=S(=O)(c1ccc(-c2ccno2)s1)N1CCC2(CCNCC2)C1. The Labute approximate surface area is 151 Å². The van der Waals surface area contributed by atoms with Gasteiger partial charge in [-0.05, 0) is 49.9 Å². The average molecular weight is 390 g/mol. The van der Waals surface area contributed by atoms with Crippen LogP contribution in [0.2, 0.25) is 0 Å². The van der Waals surface area contributed by atoms with Gasteiger partial charge in [0.2, 0.25) is 0 Å². The Morgan fingerprint density at radius 3 is 2.71 bits per heavy atom. The van der Waals surface area contributed by atoms with Crippen molar-refractivity contribution in [2.24, 2.45) is 5.41 Å². The number of aromatic nitrogens is 1. The van der Waals surface area contributed by atoms with Crippen molar-refractivity contribution in [1.82, 2.24) is 14.8 Å². The van der Waals surface area contributed by atoms with Crippen molar-refractivity contribution in [2.45, 2.75) is 23.5 Å². The molecule has 4 rings (SSSR count). The van der Waals surface area contributed by atoms with Gasteiger partial charge in [-0.3, -0.25) is 0 Å². The zero-order valence-corrected chi connectivity index (χ0v) is 15.6. The van der Waals surface area contributed by atoms with Gasteiger partial charge in [0.1, 0.15) is 4.21 Å². The van der Waals surface area contributed by atoms with Crippen LogP contribution in [0.25, 0.3) is 10.6 Å². The molecule has 0 bridgehead atoms. The summed E-state index contributed by atoms with van der Waals surface area (Å²) in [5.41, 5.74) is 0.170. The molecule has 0 saturated carbocycles. The number of sulfonamides is 1. The molecule has 0 amide bonds. The largest absolute Gasteiger partial charge is 0.355 e. The highest BCUT2D eigenvalue weighted by Gasteiger charge is 2.43. The van der Waals surface area contributed by atoms with Crippen molar-refractivity contribution in [3.8, 4) is 10.6 Å². The molecule has 2 aromatic heterocycles. The topological polar surface area (TPSA) is 75.4 Å². The van der Waals surface area contributed by atoms with Crippen molar-refractivity contribution in [3.63, 3.8) is 0 Å². The summed E-state index contributed by atoms with van der Waals surface area (Å²) in [6.07, 6.45) is 4.65. The van der Waals surface area contributed by atoms with E-state index in [2.05, 4.69) is 10.5 Å². The van der Waals surface area contributed by atoms with E-state index in [9.17, 15) is 8.42 Å². The van der Waals surface area contributed by atoms with Gasteiger partial charge in [-0.25, -0.2) is 8.42 Å². The minimum Gasteiger partial charge on any atom is -0.355 e. The van der Waals surface area contributed by atoms with E-state index in [1.54, 1.807) is 28.7 Å². The fourth-order valence-corrected chi connectivity index (χ4v) is 6.50. The predicted octanol–water partition coefficient (Wildman–Crippen LogP) is 2.59. The maximum atomic E-state index is 12.9. The highest BCUT2D eigenvalue weighted by molar-refractivity contribution is 7.91. The quantitative estimate of drug-likeness (QED) is 0.873. The molecule has 0 radical (unpaired) electrons. The summed E-state index contributed by atoms with van der Waals surface area (Å²) in [4.78, 5) is 0.789. The Morgan fingerprint density at radius 2 is 2.00 bits per heavy atom. The molecule has 2 aliphatic heterocycles. The van der Waals surface area contributed by atoms with Crippen LogP contribution in [0.5, 0.6) is 0 Å². The fourth-order valence-electron chi connectivity index (χ4n) is 3.53. The summed E-state index contributed by atoms with van der Waals surface area (Å²) in [6.45, 7) is 3.25. The van der Waals surface area contributed by atoms with E-state index in [4.69, 9.17) is 4.52 Å². The second-order valence-corrected chi connectivity index (χ2v) is 9.58. The summed E-state index contributed by atoms with van der Waals surface area (Å²) in [7, 11) is -3.41. The third kappa shape index (κ3) is 3.13. The summed E-state index contributed by atoms with van der Waals surface area (Å²) < 4.78 is 33.0. The van der Waals surface area contributed by atoms with Gasteiger partial charge >= 0.3 is 0 Å². The van der Waals surface area contributed by atoms with Gasteiger partial charge in [-0.1, -0.05) is 5.16 Å². The van der Waals surface area contributed by atoms with E-state index in [0.29, 0.717) is 23.1 Å². The molecule has 2 aliphatic rings. The standard InChI is InChI=1S/C15H19N3O3S2.ClH/c19-23(20,14-2-1-13(22-14)12-3-7-17-21-12)18-10-6-15(11-18)4-8-16-9-5-15;/h1-3,7,16H,4-6,8-11H2;1H. The van der Waals surface area contributed by atoms with Crippen LogP contribution in [0.3, 0.4) is 0 Å². The average Bonchev–Trinajstić information content (AvgIpc) is 3.28. The Bertz CT molecular complexity index is 783. The Morgan fingerprint density at radius 1 is 1.21 bits per heavy atom. The molecule has 0 aliphatic carbocycles. The Balaban J connectivity index is 0.00000169. The maximum Gasteiger partial charge on any atom is 0.252 e. The van der Waals surface area contributed by atoms with Gasteiger partial charge in [-0.2, -0.15) is 4.31 Å². The number of halogens is 1. The summed E-state index contributed by atoms with van der Waals surface area (Å²) in [6, 6.07) is 5.20. The molecular weight excluding hydrogens is 370 g/mol. The lowest BCUT2D eigenvalue weighted by Gasteiger charge is -2.33. The van der Waals surface area contributed by atoms with Crippen LogP contribution >= 0.6 is 23.7 Å². The van der Waals surface area contributed by atoms with Crippen LogP contribution in [0, 0.1) is 5.41 Å². The van der Waals surface area contributed by atoms with Gasteiger partial charge in [0.05, 0.1) is 11.1 Å². The van der Waals surface area contributed by atoms with Gasteiger partial charge in [0.15, 0.2) is 5.76 Å². The first-order valence-corrected chi connectivity index (χ1v) is 10.1. The number of rotatable bonds is 3. The maximum absolute atomic E-state index is 12.9. The molecule has 2 fully saturated rings. The normalized spacial score (nSPS) is 21.0. The van der Waals surface area contributed by atoms with Crippen molar-refractivity contribution in [2.75, 3.05) is 26.2 Å². The van der Waals surface area contributed by atoms with E-state index >= 15 is 0 Å². The minimum absolute atomic E-state index is 0. The minimum atomic E-state index is -3.41. The van der Waals surface area contributed by atoms with Crippen LogP contribution in [-0.4, -0.2) is 44.1 Å². The number of piperidine rings is 1. The van der Waals surface area contributed by atoms with Gasteiger partial charge in [0, 0.05) is 19.2 Å². The van der Waals surface area contributed by atoms with E-state index < -0.39 is 10.0 Å². The highest BCUT2D eigenvalue weighted by atomic mass is 35.5. The van der Waals surface area contributed by atoms with E-state index in [1.165, 1.54) is 11.3 Å². The molecule has 1 spiro atoms. The van der Waals surface area contributed by atoms with Gasteiger partial charge in [-0.15, -0.1) is 23.7 Å². The monoisotopic (exact) mass is 389 g/mol. The van der Waals surface area contributed by atoms with Crippen molar-refractivity contribution >= 4 is 33.8 Å². The molecule has 1 N–H and O–H groups in total. The van der Waals surface area contributed by atoms with Crippen LogP contribution in [-0.2, 0) is 10.0 Å². The highest BCUT2D eigenvalue weighted by Crippen LogP contribution is 2.41. The third-order valence-electron chi connectivity index (χ3n) is 4.92. The smallest absolute Gasteiger partial charge is 0.252 e. The molecule has 0 unspecified atom stereocenters. The first kappa shape index (κ1) is 17.9. The molecule has 24 heavy (non-hydrogen) atoms. The number of nitrogens with one attached hydrogen (secondary N) is 1. The third-order valence-corrected chi connectivity index (χ3v) is 8.34. The molecule has 0 aromatic carbocycles. The Hall–Kier alpha value is -0.930. The van der Waals surface area contributed by atoms with E-state index in [0.717, 1.165) is 37.2 Å². The number of nitrogens with zero attached hydrogens (tertiary/aromatic N) is 2. The first-order valence-electron chi connectivity index (χ1n) is 7.81. The molecule has 2 aromatic rings. The fraction of sp³-hybridized carbons (Fsp3) is 0.533. The zero-order chi connectivity index (χ0) is 15.9. The molecule has 9 heteroatoms. The summed E-state index contributed by atoms with van der Waals surface area (Å²) in [5, 5.41) is 7.03. The molecule has 132 valence electrons. The van der Waals surface area contributed by atoms with Crippen LogP contribution in [0.15, 0.2) is 33.1 Å². The lowest BCUT2D eigenvalue weighted by Crippen LogP contribution is -2.39. The number of thiophene rings is 1. The van der Waals surface area contributed by atoms with Crippen molar-refractivity contribution in [3.05, 3.63) is 24.4 Å². The molecule has 6 nitrogen and oxygen atoms in total. The Kier molecular flexibility index (Phi) is 5.04. The van der Waals surface area contributed by atoms with Crippen LogP contribution < -0.4 is 5.32 Å². The predicted molar refractivity (Wildman–Crippen MR) is 95.0 cm³/mol. The molecule has 0 atom stereocenters. The second kappa shape index (κ2) is 6.76.